The molecule has 1 aliphatic heterocycles. The van der Waals surface area contributed by atoms with Crippen molar-refractivity contribution in [1.82, 2.24) is 19.8 Å². The highest BCUT2D eigenvalue weighted by Gasteiger charge is 2.22. The molecule has 3 rings (SSSR count). The van der Waals surface area contributed by atoms with Crippen LogP contribution in [0.15, 0.2) is 23.6 Å². The Labute approximate surface area is 138 Å². The number of pyridine rings is 1. The maximum Gasteiger partial charge on any atom is 0.229 e. The van der Waals surface area contributed by atoms with Crippen molar-refractivity contribution >= 4 is 17.2 Å². The van der Waals surface area contributed by atoms with Gasteiger partial charge in [-0.05, 0) is 19.1 Å². The third kappa shape index (κ3) is 4.33. The molecular weight excluding hydrogens is 315 g/mol. The third-order valence-electron chi connectivity index (χ3n) is 3.85. The molecule has 7 heteroatoms. The number of hydrogen-bond acceptors (Lipinski definition) is 5. The second-order valence-corrected chi connectivity index (χ2v) is 6.61. The van der Waals surface area contributed by atoms with Crippen LogP contribution in [0.4, 0.5) is 4.39 Å². The van der Waals surface area contributed by atoms with Crippen molar-refractivity contribution in [3.05, 3.63) is 45.9 Å². The van der Waals surface area contributed by atoms with Gasteiger partial charge in [0, 0.05) is 43.8 Å². The highest BCUT2D eigenvalue weighted by molar-refractivity contribution is 7.09. The topological polar surface area (TPSA) is 49.3 Å². The van der Waals surface area contributed by atoms with Crippen molar-refractivity contribution < 1.29 is 9.18 Å². The number of nitrogens with zero attached hydrogens (tertiary/aromatic N) is 4. The number of carbonyl (C=O) groups is 1. The number of thiazole rings is 1. The molecule has 0 bridgehead atoms. The summed E-state index contributed by atoms with van der Waals surface area (Å²) in [6, 6.07) is 4.85. The zero-order chi connectivity index (χ0) is 16.2. The van der Waals surface area contributed by atoms with Gasteiger partial charge >= 0.3 is 0 Å². The number of halogens is 1. The van der Waals surface area contributed by atoms with Crippen LogP contribution in [0.5, 0.6) is 0 Å². The first-order chi connectivity index (χ1) is 11.1. The predicted octanol–water partition coefficient (Wildman–Crippen LogP) is 1.87. The molecular formula is C16H19FN4OS. The van der Waals surface area contributed by atoms with Crippen molar-refractivity contribution in [3.63, 3.8) is 0 Å². The number of rotatable bonds is 4. The molecule has 1 aliphatic rings. The number of piperazine rings is 1. The van der Waals surface area contributed by atoms with Crippen LogP contribution in [-0.2, 0) is 17.8 Å². The van der Waals surface area contributed by atoms with Crippen molar-refractivity contribution in [2.24, 2.45) is 0 Å². The minimum absolute atomic E-state index is 0.128. The summed E-state index contributed by atoms with van der Waals surface area (Å²) in [6.45, 7) is 5.49. The lowest BCUT2D eigenvalue weighted by Gasteiger charge is -2.34. The molecule has 0 radical (unpaired) electrons. The van der Waals surface area contributed by atoms with Crippen LogP contribution in [0.3, 0.4) is 0 Å². The Hall–Kier alpha value is -1.86. The molecule has 23 heavy (non-hydrogen) atoms. The first-order valence-electron chi connectivity index (χ1n) is 7.63. The summed E-state index contributed by atoms with van der Waals surface area (Å²) in [4.78, 5) is 24.6. The number of amides is 1. The summed E-state index contributed by atoms with van der Waals surface area (Å²) in [5.74, 6) is -0.321. The highest BCUT2D eigenvalue weighted by Crippen LogP contribution is 2.13. The molecule has 2 aromatic rings. The molecule has 0 unspecified atom stereocenters. The minimum atomic E-state index is -0.449. The highest BCUT2D eigenvalue weighted by atomic mass is 32.1. The van der Waals surface area contributed by atoms with Crippen LogP contribution in [0.25, 0.3) is 0 Å². The minimum Gasteiger partial charge on any atom is -0.340 e. The van der Waals surface area contributed by atoms with E-state index in [0.29, 0.717) is 26.1 Å². The normalized spacial score (nSPS) is 15.8. The zero-order valence-electron chi connectivity index (χ0n) is 13.0. The maximum absolute atomic E-state index is 13.1. The van der Waals surface area contributed by atoms with Crippen molar-refractivity contribution in [2.75, 3.05) is 26.2 Å². The summed E-state index contributed by atoms with van der Waals surface area (Å²) in [7, 11) is 0. The molecule has 0 saturated carbocycles. The SMILES string of the molecule is Cc1csc(CC(=O)N2CCN(Cc3cccc(F)n3)CC2)n1. The summed E-state index contributed by atoms with van der Waals surface area (Å²) >= 11 is 1.53. The summed E-state index contributed by atoms with van der Waals surface area (Å²) in [5.41, 5.74) is 1.69. The van der Waals surface area contributed by atoms with Crippen LogP contribution >= 0.6 is 11.3 Å². The quantitative estimate of drug-likeness (QED) is 0.801. The fraction of sp³-hybridized carbons (Fsp3) is 0.438. The second-order valence-electron chi connectivity index (χ2n) is 5.67. The monoisotopic (exact) mass is 334 g/mol. The van der Waals surface area contributed by atoms with Crippen molar-refractivity contribution in [2.45, 2.75) is 19.9 Å². The van der Waals surface area contributed by atoms with Gasteiger partial charge in [-0.3, -0.25) is 9.69 Å². The van der Waals surface area contributed by atoms with Gasteiger partial charge in [0.2, 0.25) is 11.9 Å². The molecule has 3 heterocycles. The van der Waals surface area contributed by atoms with E-state index in [1.807, 2.05) is 23.3 Å². The Morgan fingerprint density at radius 1 is 1.26 bits per heavy atom. The van der Waals surface area contributed by atoms with Crippen LogP contribution in [-0.4, -0.2) is 51.9 Å². The lowest BCUT2D eigenvalue weighted by atomic mass is 10.2. The molecule has 1 amide bonds. The summed E-state index contributed by atoms with van der Waals surface area (Å²) in [5, 5.41) is 2.84. The number of carbonyl (C=O) groups excluding carboxylic acids is 1. The molecule has 1 saturated heterocycles. The van der Waals surface area contributed by atoms with Gasteiger partial charge in [-0.1, -0.05) is 6.07 Å². The van der Waals surface area contributed by atoms with Crippen LogP contribution in [0, 0.1) is 12.9 Å². The second kappa shape index (κ2) is 7.14. The Morgan fingerprint density at radius 2 is 2.04 bits per heavy atom. The number of aryl methyl sites for hydroxylation is 1. The molecule has 0 spiro atoms. The van der Waals surface area contributed by atoms with Crippen molar-refractivity contribution in [3.8, 4) is 0 Å². The largest absolute Gasteiger partial charge is 0.340 e. The Kier molecular flexibility index (Phi) is 4.97. The molecule has 1 fully saturated rings. The lowest BCUT2D eigenvalue weighted by Crippen LogP contribution is -2.48. The van der Waals surface area contributed by atoms with E-state index in [-0.39, 0.29) is 5.91 Å². The maximum atomic E-state index is 13.1. The van der Waals surface area contributed by atoms with E-state index < -0.39 is 5.95 Å². The molecule has 0 aliphatic carbocycles. The van der Waals surface area contributed by atoms with Crippen LogP contribution in [0.2, 0.25) is 0 Å². The van der Waals surface area contributed by atoms with Gasteiger partial charge in [-0.15, -0.1) is 11.3 Å². The van der Waals surface area contributed by atoms with Gasteiger partial charge < -0.3 is 4.90 Å². The fourth-order valence-corrected chi connectivity index (χ4v) is 3.41. The standard InChI is InChI=1S/C16H19FN4OS/c1-12-11-23-15(18-12)9-16(22)21-7-5-20(6-8-21)10-13-3-2-4-14(17)19-13/h2-4,11H,5-10H2,1H3. The smallest absolute Gasteiger partial charge is 0.229 e. The first-order valence-corrected chi connectivity index (χ1v) is 8.51. The van der Waals surface area contributed by atoms with E-state index in [2.05, 4.69) is 14.9 Å². The van der Waals surface area contributed by atoms with Gasteiger partial charge in [0.05, 0.1) is 12.1 Å². The van der Waals surface area contributed by atoms with Crippen molar-refractivity contribution in [1.29, 1.82) is 0 Å². The van der Waals surface area contributed by atoms with Gasteiger partial charge in [-0.2, -0.15) is 4.39 Å². The Bertz CT molecular complexity index is 682. The van der Waals surface area contributed by atoms with Crippen LogP contribution in [0.1, 0.15) is 16.4 Å². The third-order valence-corrected chi connectivity index (χ3v) is 4.82. The summed E-state index contributed by atoms with van der Waals surface area (Å²) in [6.07, 6.45) is 0.379. The van der Waals surface area contributed by atoms with E-state index in [0.717, 1.165) is 29.5 Å². The van der Waals surface area contributed by atoms with E-state index in [1.165, 1.54) is 17.4 Å². The average molecular weight is 334 g/mol. The van der Waals surface area contributed by atoms with Crippen LogP contribution < -0.4 is 0 Å². The van der Waals surface area contributed by atoms with Gasteiger partial charge in [-0.25, -0.2) is 9.97 Å². The molecule has 0 atom stereocenters. The molecule has 5 nitrogen and oxygen atoms in total. The van der Waals surface area contributed by atoms with E-state index in [9.17, 15) is 9.18 Å². The predicted molar refractivity (Wildman–Crippen MR) is 86.6 cm³/mol. The van der Waals surface area contributed by atoms with E-state index >= 15 is 0 Å². The average Bonchev–Trinajstić information content (AvgIpc) is 2.93. The Morgan fingerprint density at radius 3 is 2.70 bits per heavy atom. The molecule has 2 aromatic heterocycles. The fourth-order valence-electron chi connectivity index (χ4n) is 2.65. The molecule has 0 aromatic carbocycles. The molecule has 122 valence electrons. The Balaban J connectivity index is 1.49. The van der Waals surface area contributed by atoms with Gasteiger partial charge in [0.1, 0.15) is 5.01 Å². The van der Waals surface area contributed by atoms with E-state index in [1.54, 1.807) is 6.07 Å². The number of aromatic nitrogens is 2. The first kappa shape index (κ1) is 16.0. The zero-order valence-corrected chi connectivity index (χ0v) is 13.9. The van der Waals surface area contributed by atoms with Gasteiger partial charge in [0.15, 0.2) is 0 Å². The molecule has 0 N–H and O–H groups in total. The summed E-state index contributed by atoms with van der Waals surface area (Å²) < 4.78 is 13.1. The van der Waals surface area contributed by atoms with Gasteiger partial charge in [0.25, 0.3) is 0 Å². The number of hydrogen-bond donors (Lipinski definition) is 0. The lowest BCUT2D eigenvalue weighted by molar-refractivity contribution is -0.132. The van der Waals surface area contributed by atoms with E-state index in [4.69, 9.17) is 0 Å².